The van der Waals surface area contributed by atoms with Gasteiger partial charge in [-0.15, -0.1) is 11.3 Å². The van der Waals surface area contributed by atoms with Crippen molar-refractivity contribution in [2.45, 2.75) is 18.8 Å². The van der Waals surface area contributed by atoms with E-state index in [1.807, 2.05) is 11.3 Å². The van der Waals surface area contributed by atoms with Gasteiger partial charge in [0.05, 0.1) is 0 Å². The molecule has 0 N–H and O–H groups in total. The molecule has 1 aliphatic rings. The summed E-state index contributed by atoms with van der Waals surface area (Å²) in [5, 5.41) is 3.88. The van der Waals surface area contributed by atoms with Crippen molar-refractivity contribution in [1.29, 1.82) is 0 Å². The molecule has 1 fully saturated rings. The Balaban J connectivity index is 1.74. The fourth-order valence-corrected chi connectivity index (χ4v) is 3.68. The Morgan fingerprint density at radius 3 is 2.94 bits per heavy atom. The monoisotopic (exact) mass is 245 g/mol. The van der Waals surface area contributed by atoms with Crippen LogP contribution in [0.25, 0.3) is 10.1 Å². The molecule has 0 bridgehead atoms. The standard InChI is InChI=1S/C15H19NS/c1-16(2)8-7-11-9-13(11)14-10-17-15-6-4-3-5-12(14)15/h3-6,10-11,13H,7-9H2,1-2H3. The Labute approximate surface area is 107 Å². The number of rotatable bonds is 4. The second kappa shape index (κ2) is 4.43. The predicted molar refractivity (Wildman–Crippen MR) is 75.8 cm³/mol. The number of nitrogens with zero attached hydrogens (tertiary/aromatic N) is 1. The van der Waals surface area contributed by atoms with Crippen LogP contribution in [0.3, 0.4) is 0 Å². The molecule has 3 rings (SSSR count). The molecule has 17 heavy (non-hydrogen) atoms. The van der Waals surface area contributed by atoms with Crippen LogP contribution in [0.5, 0.6) is 0 Å². The van der Waals surface area contributed by atoms with Crippen molar-refractivity contribution in [3.05, 3.63) is 35.2 Å². The molecule has 1 aromatic heterocycles. The van der Waals surface area contributed by atoms with Gasteiger partial charge >= 0.3 is 0 Å². The zero-order valence-electron chi connectivity index (χ0n) is 10.5. The van der Waals surface area contributed by atoms with Crippen LogP contribution in [0.15, 0.2) is 29.6 Å². The van der Waals surface area contributed by atoms with Crippen LogP contribution in [0.4, 0.5) is 0 Å². The molecule has 1 nitrogen and oxygen atoms in total. The second-order valence-corrected chi connectivity index (χ2v) is 6.29. The average molecular weight is 245 g/mol. The van der Waals surface area contributed by atoms with Crippen molar-refractivity contribution in [3.8, 4) is 0 Å². The summed E-state index contributed by atoms with van der Waals surface area (Å²) in [7, 11) is 4.33. The van der Waals surface area contributed by atoms with Gasteiger partial charge in [0, 0.05) is 4.70 Å². The fraction of sp³-hybridized carbons (Fsp3) is 0.467. The maximum absolute atomic E-state index is 2.38. The third kappa shape index (κ3) is 2.24. The van der Waals surface area contributed by atoms with Crippen molar-refractivity contribution in [2.24, 2.45) is 5.92 Å². The van der Waals surface area contributed by atoms with Crippen LogP contribution in [0.2, 0.25) is 0 Å². The second-order valence-electron chi connectivity index (χ2n) is 5.38. The van der Waals surface area contributed by atoms with E-state index in [-0.39, 0.29) is 0 Å². The van der Waals surface area contributed by atoms with Crippen molar-refractivity contribution < 1.29 is 0 Å². The maximum Gasteiger partial charge on any atom is 0.0345 e. The Kier molecular flexibility index (Phi) is 2.93. The summed E-state index contributed by atoms with van der Waals surface area (Å²) in [4.78, 5) is 2.29. The minimum Gasteiger partial charge on any atom is -0.309 e. The lowest BCUT2D eigenvalue weighted by atomic mass is 10.1. The minimum absolute atomic E-state index is 0.839. The summed E-state index contributed by atoms with van der Waals surface area (Å²) in [6.07, 6.45) is 2.75. The fourth-order valence-electron chi connectivity index (χ4n) is 2.66. The van der Waals surface area contributed by atoms with E-state index in [0.717, 1.165) is 11.8 Å². The summed E-state index contributed by atoms with van der Waals surface area (Å²) in [6, 6.07) is 8.82. The van der Waals surface area contributed by atoms with Crippen LogP contribution < -0.4 is 0 Å². The predicted octanol–water partition coefficient (Wildman–Crippen LogP) is 3.96. The van der Waals surface area contributed by atoms with Gasteiger partial charge < -0.3 is 4.90 Å². The molecule has 0 amide bonds. The lowest BCUT2D eigenvalue weighted by molar-refractivity contribution is 0.387. The third-order valence-electron chi connectivity index (χ3n) is 3.78. The zero-order valence-corrected chi connectivity index (χ0v) is 11.3. The maximum atomic E-state index is 2.38. The zero-order chi connectivity index (χ0) is 11.8. The summed E-state index contributed by atoms with van der Waals surface area (Å²) < 4.78 is 1.45. The van der Waals surface area contributed by atoms with E-state index < -0.39 is 0 Å². The molecule has 2 atom stereocenters. The quantitative estimate of drug-likeness (QED) is 0.788. The first-order valence-corrected chi connectivity index (χ1v) is 7.24. The van der Waals surface area contributed by atoms with Crippen molar-refractivity contribution in [1.82, 2.24) is 4.90 Å². The highest BCUT2D eigenvalue weighted by atomic mass is 32.1. The average Bonchev–Trinajstić information content (AvgIpc) is 2.97. The molecule has 1 aromatic carbocycles. The van der Waals surface area contributed by atoms with E-state index in [4.69, 9.17) is 0 Å². The summed E-state index contributed by atoms with van der Waals surface area (Å²) in [6.45, 7) is 1.23. The largest absolute Gasteiger partial charge is 0.309 e. The molecule has 0 radical (unpaired) electrons. The molecular formula is C15H19NS. The molecule has 0 aliphatic heterocycles. The van der Waals surface area contributed by atoms with E-state index in [0.29, 0.717) is 0 Å². The Morgan fingerprint density at radius 2 is 2.12 bits per heavy atom. The highest BCUT2D eigenvalue weighted by Gasteiger charge is 2.38. The Hall–Kier alpha value is -0.860. The van der Waals surface area contributed by atoms with E-state index in [2.05, 4.69) is 48.6 Å². The first-order chi connectivity index (χ1) is 8.25. The molecule has 2 unspecified atom stereocenters. The Morgan fingerprint density at radius 1 is 1.29 bits per heavy atom. The molecule has 1 aliphatic carbocycles. The van der Waals surface area contributed by atoms with Crippen LogP contribution in [0, 0.1) is 5.92 Å². The van der Waals surface area contributed by atoms with Gasteiger partial charge in [-0.3, -0.25) is 0 Å². The molecule has 2 heteroatoms. The van der Waals surface area contributed by atoms with Crippen molar-refractivity contribution in [2.75, 3.05) is 20.6 Å². The van der Waals surface area contributed by atoms with Gasteiger partial charge in [0.25, 0.3) is 0 Å². The minimum atomic E-state index is 0.839. The normalized spacial score (nSPS) is 23.5. The first-order valence-electron chi connectivity index (χ1n) is 6.36. The molecule has 0 saturated heterocycles. The van der Waals surface area contributed by atoms with Gasteiger partial charge in [-0.1, -0.05) is 18.2 Å². The summed E-state index contributed by atoms with van der Waals surface area (Å²) in [5.41, 5.74) is 1.61. The van der Waals surface area contributed by atoms with Crippen LogP contribution in [0.1, 0.15) is 24.3 Å². The van der Waals surface area contributed by atoms with Gasteiger partial charge in [-0.2, -0.15) is 0 Å². The number of benzene rings is 1. The van der Waals surface area contributed by atoms with Crippen LogP contribution in [-0.4, -0.2) is 25.5 Å². The molecular weight excluding hydrogens is 226 g/mol. The Bertz CT molecular complexity index is 514. The van der Waals surface area contributed by atoms with E-state index >= 15 is 0 Å². The molecule has 1 heterocycles. The lowest BCUT2D eigenvalue weighted by Crippen LogP contribution is -2.13. The summed E-state index contributed by atoms with van der Waals surface area (Å²) >= 11 is 1.90. The number of hydrogen-bond donors (Lipinski definition) is 0. The highest BCUT2D eigenvalue weighted by molar-refractivity contribution is 7.17. The molecule has 90 valence electrons. The number of fused-ring (bicyclic) bond motifs is 1. The third-order valence-corrected chi connectivity index (χ3v) is 4.76. The van der Waals surface area contributed by atoms with E-state index in [1.54, 1.807) is 5.56 Å². The van der Waals surface area contributed by atoms with Crippen molar-refractivity contribution >= 4 is 21.4 Å². The van der Waals surface area contributed by atoms with Gasteiger partial charge in [-0.05, 0) is 67.7 Å². The van der Waals surface area contributed by atoms with Gasteiger partial charge in [0.15, 0.2) is 0 Å². The number of hydrogen-bond acceptors (Lipinski definition) is 2. The number of thiophene rings is 1. The molecule has 1 saturated carbocycles. The SMILES string of the molecule is CN(C)CCC1CC1c1csc2ccccc12. The molecule has 0 spiro atoms. The molecule has 2 aromatic rings. The highest BCUT2D eigenvalue weighted by Crippen LogP contribution is 2.52. The van der Waals surface area contributed by atoms with Gasteiger partial charge in [0.1, 0.15) is 0 Å². The summed E-state index contributed by atoms with van der Waals surface area (Å²) in [5.74, 6) is 1.77. The first kappa shape index (κ1) is 11.2. The smallest absolute Gasteiger partial charge is 0.0345 e. The van der Waals surface area contributed by atoms with Gasteiger partial charge in [-0.25, -0.2) is 0 Å². The van der Waals surface area contributed by atoms with Gasteiger partial charge in [0.2, 0.25) is 0 Å². The van der Waals surface area contributed by atoms with E-state index in [9.17, 15) is 0 Å². The van der Waals surface area contributed by atoms with E-state index in [1.165, 1.54) is 29.5 Å². The lowest BCUT2D eigenvalue weighted by Gasteiger charge is -2.08. The van der Waals surface area contributed by atoms with Crippen LogP contribution >= 0.6 is 11.3 Å². The topological polar surface area (TPSA) is 3.24 Å². The van der Waals surface area contributed by atoms with Crippen LogP contribution in [-0.2, 0) is 0 Å². The van der Waals surface area contributed by atoms with Crippen molar-refractivity contribution in [3.63, 3.8) is 0 Å².